The number of carbonyl (C=O) groups excluding carboxylic acids is 3. The molecule has 11 nitrogen and oxygen atoms in total. The molecule has 0 unspecified atom stereocenters. The fraction of sp³-hybridized carbons (Fsp3) is 0.520. The van der Waals surface area contributed by atoms with Crippen molar-refractivity contribution in [3.63, 3.8) is 0 Å². The molecule has 0 spiro atoms. The molecule has 36 heavy (non-hydrogen) atoms. The van der Waals surface area contributed by atoms with Gasteiger partial charge in [-0.2, -0.15) is 0 Å². The lowest BCUT2D eigenvalue weighted by Crippen LogP contribution is -2.49. The summed E-state index contributed by atoms with van der Waals surface area (Å²) in [5.41, 5.74) is 1.19. The number of aliphatic carboxylic acids is 1. The number of carboxylic acids is 1. The first kappa shape index (κ1) is 29.1. The minimum absolute atomic E-state index is 0.0111. The molecule has 1 fully saturated rings. The summed E-state index contributed by atoms with van der Waals surface area (Å²) >= 11 is 0. The summed E-state index contributed by atoms with van der Waals surface area (Å²) in [5.74, 6) is -1.25. The first-order chi connectivity index (χ1) is 17.4. The van der Waals surface area contributed by atoms with Gasteiger partial charge < -0.3 is 29.1 Å². The van der Waals surface area contributed by atoms with Crippen LogP contribution >= 0.6 is 0 Å². The van der Waals surface area contributed by atoms with E-state index in [0.29, 0.717) is 63.7 Å². The molecule has 198 valence electrons. The van der Waals surface area contributed by atoms with Crippen LogP contribution in [0.25, 0.3) is 0 Å². The molecule has 1 aliphatic rings. The largest absolute Gasteiger partial charge is 0.481 e. The molecule has 2 rings (SSSR count). The molecule has 1 aromatic rings. The fourth-order valence-electron chi connectivity index (χ4n) is 3.44. The van der Waals surface area contributed by atoms with E-state index in [-0.39, 0.29) is 24.8 Å². The highest BCUT2D eigenvalue weighted by Gasteiger charge is 2.22. The Kier molecular flexibility index (Phi) is 13.4. The molecule has 0 saturated carbocycles. The molecule has 0 aromatic heterocycles. The predicted octanol–water partition coefficient (Wildman–Crippen LogP) is 0.687. The van der Waals surface area contributed by atoms with Gasteiger partial charge in [-0.1, -0.05) is 0 Å². The number of likely N-dealkylation sites (N-methyl/N-ethyl adjacent to an activating group) is 1. The second-order valence-electron chi connectivity index (χ2n) is 8.05. The van der Waals surface area contributed by atoms with Crippen molar-refractivity contribution < 1.29 is 38.5 Å². The Bertz CT molecular complexity index is 867. The summed E-state index contributed by atoms with van der Waals surface area (Å²) in [7, 11) is 1.60. The maximum Gasteiger partial charge on any atom is 0.305 e. The first-order valence-corrected chi connectivity index (χ1v) is 11.9. The van der Waals surface area contributed by atoms with Crippen LogP contribution in [0.15, 0.2) is 36.4 Å². The lowest BCUT2D eigenvalue weighted by Gasteiger charge is -2.34. The quantitative estimate of drug-likeness (QED) is 0.196. The highest BCUT2D eigenvalue weighted by atomic mass is 16.5. The van der Waals surface area contributed by atoms with Gasteiger partial charge in [-0.3, -0.25) is 24.1 Å². The van der Waals surface area contributed by atoms with Gasteiger partial charge in [0.25, 0.3) is 11.8 Å². The van der Waals surface area contributed by atoms with Gasteiger partial charge in [-0.25, -0.2) is 0 Å². The average Bonchev–Trinajstić information content (AvgIpc) is 2.89. The number of amides is 2. The van der Waals surface area contributed by atoms with E-state index < -0.39 is 5.97 Å². The second kappa shape index (κ2) is 16.5. The zero-order chi connectivity index (χ0) is 26.2. The van der Waals surface area contributed by atoms with Crippen molar-refractivity contribution in [2.75, 3.05) is 84.3 Å². The van der Waals surface area contributed by atoms with E-state index in [2.05, 4.69) is 4.90 Å². The molecule has 1 aliphatic heterocycles. The summed E-state index contributed by atoms with van der Waals surface area (Å²) in [4.78, 5) is 51.0. The number of carboxylic acid groups (broad SMARTS) is 1. The van der Waals surface area contributed by atoms with Crippen LogP contribution in [-0.2, 0) is 28.6 Å². The lowest BCUT2D eigenvalue weighted by molar-refractivity contribution is -0.138. The minimum atomic E-state index is -0.881. The van der Waals surface area contributed by atoms with Crippen molar-refractivity contribution in [3.8, 4) is 0 Å². The molecule has 0 aliphatic carbocycles. The van der Waals surface area contributed by atoms with E-state index in [9.17, 15) is 19.2 Å². The van der Waals surface area contributed by atoms with Crippen molar-refractivity contribution in [2.24, 2.45) is 0 Å². The van der Waals surface area contributed by atoms with Gasteiger partial charge >= 0.3 is 5.97 Å². The number of carbonyl (C=O) groups is 4. The monoisotopic (exact) mass is 505 g/mol. The molecule has 0 atom stereocenters. The molecular formula is C25H35N3O8. The van der Waals surface area contributed by atoms with E-state index >= 15 is 0 Å². The van der Waals surface area contributed by atoms with E-state index in [0.717, 1.165) is 25.7 Å². The smallest absolute Gasteiger partial charge is 0.305 e. The maximum atomic E-state index is 12.8. The van der Waals surface area contributed by atoms with Crippen LogP contribution in [-0.4, -0.2) is 118 Å². The number of benzene rings is 1. The summed E-state index contributed by atoms with van der Waals surface area (Å²) in [5, 5.41) is 8.50. The van der Waals surface area contributed by atoms with Crippen LogP contribution in [0.5, 0.6) is 0 Å². The SMILES string of the molecule is CN(C(=O)/C=C\C=O)c1ccc(C(=O)N2CCN(CCOCCOCCOCCC(=O)O)CC2)cc1. The number of piperazine rings is 1. The number of aldehydes is 1. The Hall–Kier alpha value is -3.12. The Labute approximate surface area is 211 Å². The molecule has 1 aromatic carbocycles. The molecular weight excluding hydrogens is 470 g/mol. The number of hydrogen-bond acceptors (Lipinski definition) is 8. The molecule has 11 heteroatoms. The third kappa shape index (κ3) is 10.6. The lowest BCUT2D eigenvalue weighted by atomic mass is 10.1. The normalized spacial score (nSPS) is 14.2. The van der Waals surface area contributed by atoms with E-state index in [4.69, 9.17) is 19.3 Å². The number of ether oxygens (including phenoxy) is 3. The Morgan fingerprint density at radius 1 is 0.917 bits per heavy atom. The summed E-state index contributed by atoms with van der Waals surface area (Å²) in [6, 6.07) is 6.83. The van der Waals surface area contributed by atoms with Crippen LogP contribution < -0.4 is 4.90 Å². The van der Waals surface area contributed by atoms with Crippen molar-refractivity contribution in [3.05, 3.63) is 42.0 Å². The van der Waals surface area contributed by atoms with Gasteiger partial charge in [0.15, 0.2) is 0 Å². The third-order valence-corrected chi connectivity index (χ3v) is 5.57. The second-order valence-corrected chi connectivity index (χ2v) is 8.05. The van der Waals surface area contributed by atoms with Crippen LogP contribution in [0.4, 0.5) is 5.69 Å². The van der Waals surface area contributed by atoms with Crippen molar-refractivity contribution in [1.29, 1.82) is 0 Å². The Morgan fingerprint density at radius 3 is 2.08 bits per heavy atom. The molecule has 1 N–H and O–H groups in total. The van der Waals surface area contributed by atoms with Gasteiger partial charge in [0, 0.05) is 57.1 Å². The zero-order valence-electron chi connectivity index (χ0n) is 20.7. The maximum absolute atomic E-state index is 12.8. The number of rotatable bonds is 16. The standard InChI is InChI=1S/C25H35N3O8/c1-26(23(30)3-2-14-29)22-6-4-21(5-7-22)25(33)28-11-9-27(10-12-28)13-16-35-18-20-36-19-17-34-15-8-24(31)32/h2-7,14H,8-13,15-20H2,1H3,(H,31,32)/b3-2-. The van der Waals surface area contributed by atoms with Crippen LogP contribution in [0.2, 0.25) is 0 Å². The average molecular weight is 506 g/mol. The third-order valence-electron chi connectivity index (χ3n) is 5.57. The predicted molar refractivity (Wildman–Crippen MR) is 132 cm³/mol. The minimum Gasteiger partial charge on any atom is -0.481 e. The first-order valence-electron chi connectivity index (χ1n) is 11.9. The van der Waals surface area contributed by atoms with E-state index in [1.54, 1.807) is 31.3 Å². The number of allylic oxidation sites excluding steroid dienone is 1. The number of anilines is 1. The van der Waals surface area contributed by atoms with Crippen LogP contribution in [0.1, 0.15) is 16.8 Å². The van der Waals surface area contributed by atoms with Gasteiger partial charge in [-0.15, -0.1) is 0 Å². The van der Waals surface area contributed by atoms with Gasteiger partial charge in [0.1, 0.15) is 6.29 Å². The molecule has 2 amide bonds. The topological polar surface area (TPSA) is 126 Å². The van der Waals surface area contributed by atoms with E-state index in [1.807, 2.05) is 4.90 Å². The molecule has 0 radical (unpaired) electrons. The van der Waals surface area contributed by atoms with Crippen LogP contribution in [0.3, 0.4) is 0 Å². The zero-order valence-corrected chi connectivity index (χ0v) is 20.7. The number of nitrogens with zero attached hydrogens (tertiary/aromatic N) is 3. The summed E-state index contributed by atoms with van der Waals surface area (Å²) in [6.45, 7) is 5.97. The molecule has 0 bridgehead atoms. The van der Waals surface area contributed by atoms with Gasteiger partial charge in [0.05, 0.1) is 46.1 Å². The highest BCUT2D eigenvalue weighted by molar-refractivity contribution is 6.03. The van der Waals surface area contributed by atoms with Gasteiger partial charge in [0.2, 0.25) is 0 Å². The number of hydrogen-bond donors (Lipinski definition) is 1. The molecule has 1 heterocycles. The molecule has 1 saturated heterocycles. The highest BCUT2D eigenvalue weighted by Crippen LogP contribution is 2.16. The van der Waals surface area contributed by atoms with E-state index in [1.165, 1.54) is 11.0 Å². The van der Waals surface area contributed by atoms with Crippen molar-refractivity contribution >= 4 is 29.8 Å². The summed E-state index contributed by atoms with van der Waals surface area (Å²) < 4.78 is 16.1. The van der Waals surface area contributed by atoms with Gasteiger partial charge in [-0.05, 0) is 30.3 Å². The summed E-state index contributed by atoms with van der Waals surface area (Å²) in [6.07, 6.45) is 2.87. The fourth-order valence-corrected chi connectivity index (χ4v) is 3.44. The van der Waals surface area contributed by atoms with Crippen LogP contribution in [0, 0.1) is 0 Å². The Morgan fingerprint density at radius 2 is 1.50 bits per heavy atom. The van der Waals surface area contributed by atoms with Crippen molar-refractivity contribution in [1.82, 2.24) is 9.80 Å². The van der Waals surface area contributed by atoms with Crippen molar-refractivity contribution in [2.45, 2.75) is 6.42 Å². The Balaban J connectivity index is 1.58.